The lowest BCUT2D eigenvalue weighted by Gasteiger charge is -2.01. The lowest BCUT2D eigenvalue weighted by molar-refractivity contribution is 0.0522. The number of hydrogen-bond acceptors (Lipinski definition) is 5. The second kappa shape index (κ2) is 4.34. The van der Waals surface area contributed by atoms with Crippen LogP contribution in [0.5, 0.6) is 0 Å². The number of rotatable bonds is 4. The molecule has 16 heavy (non-hydrogen) atoms. The summed E-state index contributed by atoms with van der Waals surface area (Å²) in [5.41, 5.74) is 0.0605. The van der Waals surface area contributed by atoms with Gasteiger partial charge < -0.3 is 14.6 Å². The molecule has 6 nitrogen and oxygen atoms in total. The highest BCUT2D eigenvalue weighted by Crippen LogP contribution is 2.19. The third-order valence-electron chi connectivity index (χ3n) is 2.19. The summed E-state index contributed by atoms with van der Waals surface area (Å²) < 4.78 is 9.40. The topological polar surface area (TPSA) is 81.4 Å². The predicted molar refractivity (Wildman–Crippen MR) is 52.9 cm³/mol. The Balaban J connectivity index is 2.10. The van der Waals surface area contributed by atoms with Gasteiger partial charge in [0, 0.05) is 6.04 Å². The van der Waals surface area contributed by atoms with Crippen LogP contribution in [0.25, 0.3) is 0 Å². The van der Waals surface area contributed by atoms with E-state index in [9.17, 15) is 9.59 Å². The van der Waals surface area contributed by atoms with E-state index >= 15 is 0 Å². The highest BCUT2D eigenvalue weighted by atomic mass is 16.5. The van der Waals surface area contributed by atoms with Gasteiger partial charge in [-0.1, -0.05) is 5.16 Å². The number of nitrogens with zero attached hydrogens (tertiary/aromatic N) is 1. The number of aromatic nitrogens is 1. The highest BCUT2D eigenvalue weighted by molar-refractivity contribution is 6.03. The van der Waals surface area contributed by atoms with E-state index in [2.05, 4.69) is 15.0 Å². The molecular weight excluding hydrogens is 212 g/mol. The molecule has 0 bridgehead atoms. The second-order valence-corrected chi connectivity index (χ2v) is 3.55. The minimum Gasteiger partial charge on any atom is -0.462 e. The van der Waals surface area contributed by atoms with E-state index in [1.807, 2.05) is 0 Å². The number of ether oxygens (including phenoxy) is 1. The zero-order chi connectivity index (χ0) is 11.5. The molecule has 6 heteroatoms. The molecule has 0 radical (unpaired) electrons. The van der Waals surface area contributed by atoms with Crippen molar-refractivity contribution in [3.63, 3.8) is 0 Å². The Morgan fingerprint density at radius 1 is 1.62 bits per heavy atom. The van der Waals surface area contributed by atoms with E-state index in [1.54, 1.807) is 6.92 Å². The SMILES string of the molecule is CCOC(=O)c1conc1C(=O)NC1CC1. The fraction of sp³-hybridized carbons (Fsp3) is 0.500. The van der Waals surface area contributed by atoms with Crippen molar-refractivity contribution in [1.82, 2.24) is 10.5 Å². The van der Waals surface area contributed by atoms with Gasteiger partial charge in [-0.15, -0.1) is 0 Å². The Kier molecular flexibility index (Phi) is 2.89. The molecule has 0 atom stereocenters. The number of amides is 1. The summed E-state index contributed by atoms with van der Waals surface area (Å²) in [5, 5.41) is 6.24. The molecule has 1 aromatic rings. The summed E-state index contributed by atoms with van der Waals surface area (Å²) in [6.45, 7) is 1.93. The molecule has 1 aliphatic carbocycles. The van der Waals surface area contributed by atoms with Crippen molar-refractivity contribution >= 4 is 11.9 Å². The molecular formula is C10H12N2O4. The molecule has 2 rings (SSSR count). The van der Waals surface area contributed by atoms with E-state index in [0.717, 1.165) is 19.1 Å². The van der Waals surface area contributed by atoms with E-state index < -0.39 is 5.97 Å². The largest absolute Gasteiger partial charge is 0.462 e. The molecule has 1 saturated carbocycles. The fourth-order valence-corrected chi connectivity index (χ4v) is 1.24. The first kappa shape index (κ1) is 10.7. The Morgan fingerprint density at radius 3 is 3.00 bits per heavy atom. The molecule has 1 aromatic heterocycles. The van der Waals surface area contributed by atoms with Gasteiger partial charge in [-0.3, -0.25) is 4.79 Å². The summed E-state index contributed by atoms with van der Waals surface area (Å²) in [6.07, 6.45) is 3.07. The van der Waals surface area contributed by atoms with Crippen LogP contribution in [-0.4, -0.2) is 29.7 Å². The monoisotopic (exact) mass is 224 g/mol. The van der Waals surface area contributed by atoms with Crippen LogP contribution >= 0.6 is 0 Å². The van der Waals surface area contributed by atoms with Crippen molar-refractivity contribution in [2.75, 3.05) is 6.61 Å². The van der Waals surface area contributed by atoms with Crippen LogP contribution < -0.4 is 5.32 Å². The van der Waals surface area contributed by atoms with Crippen LogP contribution in [0.15, 0.2) is 10.8 Å². The summed E-state index contributed by atoms with van der Waals surface area (Å²) in [4.78, 5) is 23.1. The lowest BCUT2D eigenvalue weighted by Crippen LogP contribution is -2.27. The fourth-order valence-electron chi connectivity index (χ4n) is 1.24. The van der Waals surface area contributed by atoms with Crippen LogP contribution in [0.4, 0.5) is 0 Å². The van der Waals surface area contributed by atoms with Crippen LogP contribution in [0, 0.1) is 0 Å². The average molecular weight is 224 g/mol. The minimum atomic E-state index is -0.593. The predicted octanol–water partition coefficient (Wildman–Crippen LogP) is 0.744. The number of nitrogens with one attached hydrogen (secondary N) is 1. The van der Waals surface area contributed by atoms with Crippen LogP contribution in [-0.2, 0) is 4.74 Å². The molecule has 1 N–H and O–H groups in total. The van der Waals surface area contributed by atoms with Crippen LogP contribution in [0.1, 0.15) is 40.6 Å². The molecule has 1 heterocycles. The Morgan fingerprint density at radius 2 is 2.38 bits per heavy atom. The van der Waals surface area contributed by atoms with Crippen molar-refractivity contribution in [2.24, 2.45) is 0 Å². The smallest absolute Gasteiger partial charge is 0.343 e. The number of carbonyl (C=O) groups is 2. The van der Waals surface area contributed by atoms with E-state index in [4.69, 9.17) is 4.74 Å². The normalized spacial score (nSPS) is 14.6. The number of hydrogen-bond donors (Lipinski definition) is 1. The van der Waals surface area contributed by atoms with Crippen molar-refractivity contribution < 1.29 is 18.8 Å². The molecule has 86 valence electrons. The van der Waals surface area contributed by atoms with Gasteiger partial charge >= 0.3 is 5.97 Å². The van der Waals surface area contributed by atoms with E-state index in [-0.39, 0.29) is 29.8 Å². The van der Waals surface area contributed by atoms with Gasteiger partial charge in [0.15, 0.2) is 5.69 Å². The lowest BCUT2D eigenvalue weighted by atomic mass is 10.2. The maximum atomic E-state index is 11.6. The third-order valence-corrected chi connectivity index (χ3v) is 2.19. The number of carbonyl (C=O) groups excluding carboxylic acids is 2. The van der Waals surface area contributed by atoms with Gasteiger partial charge in [0.2, 0.25) is 0 Å². The standard InChI is InChI=1S/C10H12N2O4/c1-2-15-10(14)7-5-16-12-8(7)9(13)11-6-3-4-6/h5-6H,2-4H2,1H3,(H,11,13). The Hall–Kier alpha value is -1.85. The van der Waals surface area contributed by atoms with Crippen LogP contribution in [0.2, 0.25) is 0 Å². The van der Waals surface area contributed by atoms with Crippen molar-refractivity contribution in [3.05, 3.63) is 17.5 Å². The average Bonchev–Trinajstić information content (AvgIpc) is 2.93. The quantitative estimate of drug-likeness (QED) is 0.763. The van der Waals surface area contributed by atoms with Crippen LogP contribution in [0.3, 0.4) is 0 Å². The Bertz CT molecular complexity index is 409. The molecule has 0 unspecified atom stereocenters. The van der Waals surface area contributed by atoms with Gasteiger partial charge in [-0.25, -0.2) is 4.79 Å². The van der Waals surface area contributed by atoms with Gasteiger partial charge in [-0.2, -0.15) is 0 Å². The van der Waals surface area contributed by atoms with E-state index in [0.29, 0.717) is 0 Å². The van der Waals surface area contributed by atoms with Gasteiger partial charge in [0.1, 0.15) is 11.8 Å². The van der Waals surface area contributed by atoms with Gasteiger partial charge in [-0.05, 0) is 19.8 Å². The summed E-state index contributed by atoms with van der Waals surface area (Å²) in [6, 6.07) is 0.208. The molecule has 1 fully saturated rings. The van der Waals surface area contributed by atoms with Crippen molar-refractivity contribution in [1.29, 1.82) is 0 Å². The number of esters is 1. The molecule has 0 aromatic carbocycles. The summed E-state index contributed by atoms with van der Waals surface area (Å²) in [5.74, 6) is -0.982. The highest BCUT2D eigenvalue weighted by Gasteiger charge is 2.28. The second-order valence-electron chi connectivity index (χ2n) is 3.55. The first-order chi connectivity index (χ1) is 7.72. The van der Waals surface area contributed by atoms with Gasteiger partial charge in [0.05, 0.1) is 6.61 Å². The maximum absolute atomic E-state index is 11.6. The zero-order valence-electron chi connectivity index (χ0n) is 8.86. The first-order valence-electron chi connectivity index (χ1n) is 5.14. The van der Waals surface area contributed by atoms with Crippen molar-refractivity contribution in [2.45, 2.75) is 25.8 Å². The molecule has 0 aliphatic heterocycles. The summed E-state index contributed by atoms with van der Waals surface area (Å²) in [7, 11) is 0. The van der Waals surface area contributed by atoms with Gasteiger partial charge in [0.25, 0.3) is 5.91 Å². The third kappa shape index (κ3) is 2.21. The minimum absolute atomic E-state index is 0.00894. The zero-order valence-corrected chi connectivity index (χ0v) is 8.86. The van der Waals surface area contributed by atoms with E-state index in [1.165, 1.54) is 0 Å². The first-order valence-corrected chi connectivity index (χ1v) is 5.14. The van der Waals surface area contributed by atoms with Crippen molar-refractivity contribution in [3.8, 4) is 0 Å². The Labute approximate surface area is 91.9 Å². The molecule has 1 aliphatic rings. The molecule has 1 amide bonds. The summed E-state index contributed by atoms with van der Waals surface area (Å²) >= 11 is 0. The molecule has 0 spiro atoms. The molecule has 0 saturated heterocycles. The maximum Gasteiger partial charge on any atom is 0.343 e.